The number of carbonyl (C=O) groups excluding carboxylic acids is 1. The van der Waals surface area contributed by atoms with E-state index in [4.69, 9.17) is 0 Å². The van der Waals surface area contributed by atoms with Crippen molar-refractivity contribution in [1.29, 1.82) is 0 Å². The first-order chi connectivity index (χ1) is 13.0. The summed E-state index contributed by atoms with van der Waals surface area (Å²) in [5.74, 6) is 1.20. The standard InChI is InChI=1S/C20H24N6O/c1-13(2)16-6-18(10-21-8-16)25-11-15(5-20(25)27)4-14(3)17-7-19-24-22-12-26(19)23-9-17/h6-10,12-15H,4-5,11H2,1-3H3/t14-,15?/m1/s1. The first-order valence-electron chi connectivity index (χ1n) is 9.42. The van der Waals surface area contributed by atoms with Crippen LogP contribution in [0.1, 0.15) is 56.6 Å². The molecule has 1 unspecified atom stereocenters. The normalized spacial score (nSPS) is 18.6. The monoisotopic (exact) mass is 364 g/mol. The fourth-order valence-electron chi connectivity index (χ4n) is 3.74. The van der Waals surface area contributed by atoms with Gasteiger partial charge in [-0.15, -0.1) is 10.2 Å². The number of fused-ring (bicyclic) bond motifs is 1. The van der Waals surface area contributed by atoms with Gasteiger partial charge in [0.2, 0.25) is 5.91 Å². The number of rotatable bonds is 5. The summed E-state index contributed by atoms with van der Waals surface area (Å²) < 4.78 is 1.66. The largest absolute Gasteiger partial charge is 0.311 e. The molecule has 0 aliphatic carbocycles. The molecular weight excluding hydrogens is 340 g/mol. The second-order valence-electron chi connectivity index (χ2n) is 7.77. The van der Waals surface area contributed by atoms with Crippen molar-refractivity contribution >= 4 is 17.2 Å². The van der Waals surface area contributed by atoms with Gasteiger partial charge < -0.3 is 4.90 Å². The smallest absolute Gasteiger partial charge is 0.227 e. The predicted molar refractivity (Wildman–Crippen MR) is 103 cm³/mol. The molecule has 1 fully saturated rings. The van der Waals surface area contributed by atoms with E-state index in [2.05, 4.69) is 47.1 Å². The van der Waals surface area contributed by atoms with Crippen LogP contribution < -0.4 is 4.90 Å². The third kappa shape index (κ3) is 3.54. The minimum atomic E-state index is 0.181. The number of nitrogens with zero attached hydrogens (tertiary/aromatic N) is 6. The Morgan fingerprint density at radius 2 is 2.00 bits per heavy atom. The number of hydrogen-bond acceptors (Lipinski definition) is 5. The summed E-state index contributed by atoms with van der Waals surface area (Å²) in [5, 5.41) is 12.3. The average Bonchev–Trinajstić information content (AvgIpc) is 3.27. The zero-order chi connectivity index (χ0) is 19.0. The van der Waals surface area contributed by atoms with E-state index in [1.165, 1.54) is 0 Å². The van der Waals surface area contributed by atoms with Crippen LogP contribution in [0.25, 0.3) is 5.65 Å². The minimum absolute atomic E-state index is 0.181. The molecule has 1 saturated heterocycles. The van der Waals surface area contributed by atoms with E-state index in [-0.39, 0.29) is 5.91 Å². The highest BCUT2D eigenvalue weighted by molar-refractivity contribution is 5.95. The lowest BCUT2D eigenvalue weighted by Crippen LogP contribution is -2.25. The highest BCUT2D eigenvalue weighted by atomic mass is 16.2. The maximum absolute atomic E-state index is 12.6. The molecule has 0 spiro atoms. The molecule has 4 heterocycles. The van der Waals surface area contributed by atoms with Gasteiger partial charge in [-0.25, -0.2) is 4.52 Å². The van der Waals surface area contributed by atoms with E-state index in [0.29, 0.717) is 24.2 Å². The van der Waals surface area contributed by atoms with Crippen LogP contribution >= 0.6 is 0 Å². The molecule has 3 aromatic heterocycles. The Labute approximate surface area is 158 Å². The van der Waals surface area contributed by atoms with Crippen LogP contribution in [-0.4, -0.2) is 37.2 Å². The molecule has 0 radical (unpaired) electrons. The highest BCUT2D eigenvalue weighted by Gasteiger charge is 2.32. The molecule has 3 aromatic rings. The van der Waals surface area contributed by atoms with E-state index in [1.807, 2.05) is 23.4 Å². The zero-order valence-electron chi connectivity index (χ0n) is 15.9. The summed E-state index contributed by atoms with van der Waals surface area (Å²) in [7, 11) is 0. The first-order valence-corrected chi connectivity index (χ1v) is 9.42. The van der Waals surface area contributed by atoms with Crippen LogP contribution in [0.5, 0.6) is 0 Å². The van der Waals surface area contributed by atoms with Gasteiger partial charge in [-0.2, -0.15) is 5.10 Å². The van der Waals surface area contributed by atoms with E-state index in [9.17, 15) is 4.79 Å². The Morgan fingerprint density at radius 1 is 1.15 bits per heavy atom. The highest BCUT2D eigenvalue weighted by Crippen LogP contribution is 2.32. The van der Waals surface area contributed by atoms with Crippen LogP contribution in [0.3, 0.4) is 0 Å². The van der Waals surface area contributed by atoms with Gasteiger partial charge in [0.1, 0.15) is 6.33 Å². The number of amides is 1. The molecule has 2 atom stereocenters. The third-order valence-corrected chi connectivity index (χ3v) is 5.37. The van der Waals surface area contributed by atoms with Crippen LogP contribution in [0.2, 0.25) is 0 Å². The molecule has 1 amide bonds. The van der Waals surface area contributed by atoms with Gasteiger partial charge in [0, 0.05) is 19.2 Å². The molecule has 1 aliphatic rings. The molecular formula is C20H24N6O. The minimum Gasteiger partial charge on any atom is -0.311 e. The van der Waals surface area contributed by atoms with Crippen molar-refractivity contribution in [2.24, 2.45) is 5.92 Å². The molecule has 27 heavy (non-hydrogen) atoms. The summed E-state index contributed by atoms with van der Waals surface area (Å²) in [4.78, 5) is 18.8. The first kappa shape index (κ1) is 17.6. The second kappa shape index (κ2) is 7.06. The third-order valence-electron chi connectivity index (χ3n) is 5.37. The van der Waals surface area contributed by atoms with Crippen molar-refractivity contribution in [1.82, 2.24) is 24.8 Å². The van der Waals surface area contributed by atoms with Gasteiger partial charge in [0.15, 0.2) is 5.65 Å². The average molecular weight is 364 g/mol. The number of aromatic nitrogens is 5. The zero-order valence-corrected chi connectivity index (χ0v) is 15.9. The molecule has 7 nitrogen and oxygen atoms in total. The van der Waals surface area contributed by atoms with Crippen molar-refractivity contribution in [2.75, 3.05) is 11.4 Å². The fraction of sp³-hybridized carbons (Fsp3) is 0.450. The van der Waals surface area contributed by atoms with Gasteiger partial charge in [-0.05, 0) is 47.4 Å². The van der Waals surface area contributed by atoms with Crippen LogP contribution in [0, 0.1) is 5.92 Å². The number of carbonyl (C=O) groups is 1. The molecule has 0 aromatic carbocycles. The maximum atomic E-state index is 12.6. The Bertz CT molecular complexity index is 966. The van der Waals surface area contributed by atoms with Crippen LogP contribution in [-0.2, 0) is 4.79 Å². The summed E-state index contributed by atoms with van der Waals surface area (Å²) in [6.07, 6.45) is 8.64. The molecule has 1 aliphatic heterocycles. The van der Waals surface area contributed by atoms with Gasteiger partial charge in [0.05, 0.1) is 18.1 Å². The topological polar surface area (TPSA) is 76.3 Å². The lowest BCUT2D eigenvalue weighted by molar-refractivity contribution is -0.117. The molecule has 7 heteroatoms. The second-order valence-corrected chi connectivity index (χ2v) is 7.77. The van der Waals surface area contributed by atoms with Crippen LogP contribution in [0.15, 0.2) is 37.1 Å². The Morgan fingerprint density at radius 3 is 2.81 bits per heavy atom. The van der Waals surface area contributed by atoms with E-state index < -0.39 is 0 Å². The molecule has 140 valence electrons. The Kier molecular flexibility index (Phi) is 4.59. The van der Waals surface area contributed by atoms with Crippen molar-refractivity contribution < 1.29 is 4.79 Å². The number of anilines is 1. The van der Waals surface area contributed by atoms with Crippen molar-refractivity contribution in [3.05, 3.63) is 48.2 Å². The SMILES string of the molecule is CC(C)c1cncc(N2CC(C[C@@H](C)c3cnn4cnnc4c3)CC2=O)c1. The maximum Gasteiger partial charge on any atom is 0.227 e. The molecule has 4 rings (SSSR count). The van der Waals surface area contributed by atoms with Gasteiger partial charge in [-0.1, -0.05) is 20.8 Å². The number of pyridine rings is 1. The van der Waals surface area contributed by atoms with Crippen molar-refractivity contribution in [3.63, 3.8) is 0 Å². The number of hydrogen-bond donors (Lipinski definition) is 0. The summed E-state index contributed by atoms with van der Waals surface area (Å²) >= 11 is 0. The van der Waals surface area contributed by atoms with Crippen molar-refractivity contribution in [3.8, 4) is 0 Å². The Hall–Kier alpha value is -2.83. The lowest BCUT2D eigenvalue weighted by atomic mass is 9.90. The van der Waals surface area contributed by atoms with E-state index >= 15 is 0 Å². The Balaban J connectivity index is 1.46. The molecule has 0 saturated carbocycles. The summed E-state index contributed by atoms with van der Waals surface area (Å²) in [6, 6.07) is 4.11. The molecule has 0 N–H and O–H groups in total. The summed E-state index contributed by atoms with van der Waals surface area (Å²) in [5.41, 5.74) is 3.95. The van der Waals surface area contributed by atoms with Crippen LogP contribution in [0.4, 0.5) is 5.69 Å². The van der Waals surface area contributed by atoms with E-state index in [0.717, 1.165) is 35.4 Å². The van der Waals surface area contributed by atoms with Gasteiger partial charge in [0.25, 0.3) is 0 Å². The fourth-order valence-corrected chi connectivity index (χ4v) is 3.74. The van der Waals surface area contributed by atoms with Gasteiger partial charge in [-0.3, -0.25) is 9.78 Å². The van der Waals surface area contributed by atoms with Gasteiger partial charge >= 0.3 is 0 Å². The van der Waals surface area contributed by atoms with E-state index in [1.54, 1.807) is 17.0 Å². The quantitative estimate of drug-likeness (QED) is 0.695. The molecule has 0 bridgehead atoms. The summed E-state index contributed by atoms with van der Waals surface area (Å²) in [6.45, 7) is 7.19. The predicted octanol–water partition coefficient (Wildman–Crippen LogP) is 3.19. The van der Waals surface area contributed by atoms with Crippen molar-refractivity contribution in [2.45, 2.75) is 45.4 Å². The lowest BCUT2D eigenvalue weighted by Gasteiger charge is -2.19.